The van der Waals surface area contributed by atoms with E-state index in [4.69, 9.17) is 37.4 Å². The highest BCUT2D eigenvalue weighted by Crippen LogP contribution is 2.41. The molecular formula is C46H44Cl2O5. The van der Waals surface area contributed by atoms with Gasteiger partial charge in [0, 0.05) is 10.8 Å². The van der Waals surface area contributed by atoms with E-state index in [9.17, 15) is 10.2 Å². The molecule has 0 heterocycles. The molecule has 2 unspecified atom stereocenters. The van der Waals surface area contributed by atoms with Crippen molar-refractivity contribution in [1.82, 2.24) is 0 Å². The van der Waals surface area contributed by atoms with Crippen LogP contribution in [0.4, 0.5) is 0 Å². The minimum atomic E-state index is -0.590. The first-order chi connectivity index (χ1) is 25.4. The summed E-state index contributed by atoms with van der Waals surface area (Å²) in [6.07, 6.45) is 0.293. The van der Waals surface area contributed by atoms with Crippen LogP contribution in [-0.4, -0.2) is 22.4 Å². The molecular weight excluding hydrogens is 703 g/mol. The summed E-state index contributed by atoms with van der Waals surface area (Å²) in [7, 11) is 0. The molecule has 0 aliphatic heterocycles. The van der Waals surface area contributed by atoms with Gasteiger partial charge in [0.2, 0.25) is 0 Å². The third kappa shape index (κ3) is 9.36. The van der Waals surface area contributed by atoms with E-state index in [1.54, 1.807) is 12.1 Å². The Bertz CT molecular complexity index is 1980. The molecule has 272 valence electrons. The molecule has 2 atom stereocenters. The largest absolute Gasteiger partial charge is 0.506 e. The first-order valence-corrected chi connectivity index (χ1v) is 18.4. The van der Waals surface area contributed by atoms with Crippen LogP contribution >= 0.6 is 23.2 Å². The molecule has 6 aromatic rings. The van der Waals surface area contributed by atoms with E-state index in [0.717, 1.165) is 45.3 Å². The molecule has 53 heavy (non-hydrogen) atoms. The van der Waals surface area contributed by atoms with E-state index in [0.29, 0.717) is 12.8 Å². The molecule has 7 heteroatoms. The Morgan fingerprint density at radius 2 is 0.849 bits per heavy atom. The molecule has 0 aromatic heterocycles. The lowest BCUT2D eigenvalue weighted by Crippen LogP contribution is -2.46. The number of para-hydroxylation sites is 2. The highest BCUT2D eigenvalue weighted by molar-refractivity contribution is 6.32. The zero-order chi connectivity index (χ0) is 37.6. The van der Waals surface area contributed by atoms with Gasteiger partial charge >= 0.3 is 0 Å². The SMILES string of the molecule is CC(C)(c1ccc(O)c(Cl)c1)C(Cc1cccc(Oc2ccccc2)c1)OC(Cc1cccc(Oc2ccccc2)c1)C(C)(C)c1ccc(O)c(Cl)c1. The van der Waals surface area contributed by atoms with Crippen LogP contribution in [0.15, 0.2) is 146 Å². The topological polar surface area (TPSA) is 68.2 Å². The zero-order valence-corrected chi connectivity index (χ0v) is 31.8. The van der Waals surface area contributed by atoms with Crippen LogP contribution in [0.25, 0.3) is 0 Å². The number of benzene rings is 6. The number of hydrogen-bond acceptors (Lipinski definition) is 5. The van der Waals surface area contributed by atoms with Gasteiger partial charge in [0.05, 0.1) is 22.3 Å². The highest BCUT2D eigenvalue weighted by Gasteiger charge is 2.40. The fourth-order valence-electron chi connectivity index (χ4n) is 6.48. The van der Waals surface area contributed by atoms with Crippen LogP contribution in [0, 0.1) is 0 Å². The summed E-state index contributed by atoms with van der Waals surface area (Å²) < 4.78 is 19.9. The Morgan fingerprint density at radius 1 is 0.472 bits per heavy atom. The first kappa shape index (κ1) is 37.8. The molecule has 0 radical (unpaired) electrons. The third-order valence-corrected chi connectivity index (χ3v) is 10.5. The van der Waals surface area contributed by atoms with Crippen molar-refractivity contribution in [1.29, 1.82) is 0 Å². The van der Waals surface area contributed by atoms with Crippen molar-refractivity contribution in [3.63, 3.8) is 0 Å². The second kappa shape index (κ2) is 16.4. The minimum absolute atomic E-state index is 0.0234. The normalized spacial score (nSPS) is 12.9. The van der Waals surface area contributed by atoms with Crippen molar-refractivity contribution in [2.75, 3.05) is 0 Å². The molecule has 0 bridgehead atoms. The number of halogens is 2. The summed E-state index contributed by atoms with van der Waals surface area (Å²) in [6, 6.07) is 46.2. The summed E-state index contributed by atoms with van der Waals surface area (Å²) in [5.74, 6) is 3.01. The van der Waals surface area contributed by atoms with Crippen LogP contribution in [0.1, 0.15) is 49.9 Å². The average Bonchev–Trinajstić information content (AvgIpc) is 3.14. The van der Waals surface area contributed by atoms with Crippen LogP contribution < -0.4 is 9.47 Å². The Kier molecular flexibility index (Phi) is 11.7. The van der Waals surface area contributed by atoms with E-state index < -0.39 is 23.0 Å². The van der Waals surface area contributed by atoms with Crippen molar-refractivity contribution in [2.24, 2.45) is 0 Å². The maximum absolute atomic E-state index is 10.3. The van der Waals surface area contributed by atoms with Crippen LogP contribution in [0.3, 0.4) is 0 Å². The monoisotopic (exact) mass is 746 g/mol. The van der Waals surface area contributed by atoms with Gasteiger partial charge in [-0.15, -0.1) is 0 Å². The van der Waals surface area contributed by atoms with Gasteiger partial charge in [0.15, 0.2) is 0 Å². The number of phenolic OH excluding ortho intramolecular Hbond substituents is 2. The number of aromatic hydroxyl groups is 2. The standard InChI is InChI=1S/C46H44Cl2O5/c1-45(2,33-21-23-41(49)39(47)29-33)43(27-31-13-11-19-37(25-31)51-35-15-7-5-8-16-35)53-44(46(3,4)34-22-24-42(50)40(48)30-34)28-32-14-12-20-38(26-32)52-36-17-9-6-10-18-36/h5-26,29-30,43-44,49-50H,27-28H2,1-4H3. The summed E-state index contributed by atoms with van der Waals surface area (Å²) >= 11 is 13.0. The molecule has 0 saturated heterocycles. The van der Waals surface area contributed by atoms with Crippen LogP contribution in [-0.2, 0) is 28.4 Å². The van der Waals surface area contributed by atoms with Crippen LogP contribution in [0.5, 0.6) is 34.5 Å². The lowest BCUT2D eigenvalue weighted by atomic mass is 9.74. The number of ether oxygens (including phenoxy) is 3. The molecule has 6 aromatic carbocycles. The maximum atomic E-state index is 10.3. The quantitative estimate of drug-likeness (QED) is 0.116. The molecule has 0 spiro atoms. The van der Waals surface area contributed by atoms with Gasteiger partial charge < -0.3 is 24.4 Å². The minimum Gasteiger partial charge on any atom is -0.506 e. The zero-order valence-electron chi connectivity index (χ0n) is 30.3. The van der Waals surface area contributed by atoms with Gasteiger partial charge in [-0.3, -0.25) is 0 Å². The lowest BCUT2D eigenvalue weighted by molar-refractivity contribution is -0.0753. The van der Waals surface area contributed by atoms with Gasteiger partial charge in [-0.05, 0) is 108 Å². The molecule has 2 N–H and O–H groups in total. The first-order valence-electron chi connectivity index (χ1n) is 17.7. The van der Waals surface area contributed by atoms with Crippen molar-refractivity contribution >= 4 is 23.2 Å². The molecule has 0 amide bonds. The van der Waals surface area contributed by atoms with Gasteiger partial charge in [0.1, 0.15) is 34.5 Å². The second-order valence-electron chi connectivity index (χ2n) is 14.4. The van der Waals surface area contributed by atoms with E-state index in [1.165, 1.54) is 0 Å². The molecule has 5 nitrogen and oxygen atoms in total. The van der Waals surface area contributed by atoms with Crippen molar-refractivity contribution in [3.8, 4) is 34.5 Å². The molecule has 0 aliphatic rings. The summed E-state index contributed by atoms with van der Waals surface area (Å²) in [5.41, 5.74) is 2.72. The third-order valence-electron chi connectivity index (χ3n) is 9.92. The predicted molar refractivity (Wildman–Crippen MR) is 214 cm³/mol. The van der Waals surface area contributed by atoms with Crippen molar-refractivity contribution in [2.45, 2.75) is 63.6 Å². The van der Waals surface area contributed by atoms with Gasteiger partial charge in [-0.1, -0.05) is 124 Å². The maximum Gasteiger partial charge on any atom is 0.134 e. The fraction of sp³-hybridized carbons (Fsp3) is 0.217. The van der Waals surface area contributed by atoms with Crippen molar-refractivity contribution < 1.29 is 24.4 Å². The number of rotatable bonds is 14. The van der Waals surface area contributed by atoms with Gasteiger partial charge in [-0.25, -0.2) is 0 Å². The highest BCUT2D eigenvalue weighted by atomic mass is 35.5. The number of hydrogen-bond donors (Lipinski definition) is 2. The van der Waals surface area contributed by atoms with E-state index in [-0.39, 0.29) is 21.5 Å². The average molecular weight is 748 g/mol. The Morgan fingerprint density at radius 3 is 1.23 bits per heavy atom. The second-order valence-corrected chi connectivity index (χ2v) is 15.2. The Balaban J connectivity index is 1.40. The molecule has 0 fully saturated rings. The lowest BCUT2D eigenvalue weighted by Gasteiger charge is -2.43. The molecule has 0 aliphatic carbocycles. The van der Waals surface area contributed by atoms with Gasteiger partial charge in [-0.2, -0.15) is 0 Å². The Hall–Kier alpha value is -4.94. The van der Waals surface area contributed by atoms with E-state index in [2.05, 4.69) is 39.8 Å². The predicted octanol–water partition coefficient (Wildman–Crippen LogP) is 12.5. The summed E-state index contributed by atoms with van der Waals surface area (Å²) in [4.78, 5) is 0. The smallest absolute Gasteiger partial charge is 0.134 e. The van der Waals surface area contributed by atoms with Crippen LogP contribution in [0.2, 0.25) is 10.0 Å². The summed E-state index contributed by atoms with van der Waals surface area (Å²) in [6.45, 7) is 8.56. The number of phenols is 2. The fourth-order valence-corrected chi connectivity index (χ4v) is 6.84. The van der Waals surface area contributed by atoms with Crippen molar-refractivity contribution in [3.05, 3.63) is 178 Å². The molecule has 0 saturated carbocycles. The summed E-state index contributed by atoms with van der Waals surface area (Å²) in [5, 5.41) is 21.2. The van der Waals surface area contributed by atoms with Gasteiger partial charge in [0.25, 0.3) is 0 Å². The Labute approximate surface area is 322 Å². The molecule has 6 rings (SSSR count). The van der Waals surface area contributed by atoms with E-state index in [1.807, 2.05) is 121 Å². The van der Waals surface area contributed by atoms with E-state index >= 15 is 0 Å².